The Morgan fingerprint density at radius 3 is 2.47 bits per heavy atom. The normalized spacial score (nSPS) is 10.1. The number of halogens is 2. The van der Waals surface area contributed by atoms with Crippen LogP contribution in [-0.4, -0.2) is 11.5 Å². The number of rotatable bonds is 4. The third-order valence-electron chi connectivity index (χ3n) is 2.45. The average Bonchev–Trinajstić information content (AvgIpc) is 2.16. The predicted octanol–water partition coefficient (Wildman–Crippen LogP) is 2.94. The van der Waals surface area contributed by atoms with Crippen LogP contribution in [0.1, 0.15) is 32.3 Å². The highest BCUT2D eigenvalue weighted by molar-refractivity contribution is 5.85. The van der Waals surface area contributed by atoms with Gasteiger partial charge in [0.1, 0.15) is 0 Å². The van der Waals surface area contributed by atoms with Gasteiger partial charge in [-0.1, -0.05) is 19.9 Å². The molecule has 0 fully saturated rings. The summed E-state index contributed by atoms with van der Waals surface area (Å²) in [4.78, 5) is 4.13. The van der Waals surface area contributed by atoms with Crippen molar-refractivity contribution in [3.63, 3.8) is 0 Å². The van der Waals surface area contributed by atoms with E-state index in [-0.39, 0.29) is 30.2 Å². The van der Waals surface area contributed by atoms with Crippen LogP contribution in [0, 0.1) is 0 Å². The van der Waals surface area contributed by atoms with E-state index in [2.05, 4.69) is 24.9 Å². The molecule has 0 spiro atoms. The van der Waals surface area contributed by atoms with E-state index in [1.54, 1.807) is 0 Å². The molecular formula is C11H20Cl2N2. The van der Waals surface area contributed by atoms with Gasteiger partial charge in [-0.15, -0.1) is 24.8 Å². The molecule has 0 aliphatic heterocycles. The van der Waals surface area contributed by atoms with E-state index in [4.69, 9.17) is 5.73 Å². The highest BCUT2D eigenvalue weighted by atomic mass is 35.5. The molecule has 0 saturated carbocycles. The van der Waals surface area contributed by atoms with Crippen LogP contribution < -0.4 is 5.73 Å². The van der Waals surface area contributed by atoms with Crippen LogP contribution in [0.15, 0.2) is 24.5 Å². The lowest BCUT2D eigenvalue weighted by Crippen LogP contribution is -2.18. The molecule has 2 nitrogen and oxygen atoms in total. The SMILES string of the molecule is CC(C)(CCCN)c1cccnc1.Cl.Cl. The van der Waals surface area contributed by atoms with E-state index in [0.717, 1.165) is 19.4 Å². The summed E-state index contributed by atoms with van der Waals surface area (Å²) in [5.74, 6) is 0. The monoisotopic (exact) mass is 250 g/mol. The molecule has 0 radical (unpaired) electrons. The minimum absolute atomic E-state index is 0. The van der Waals surface area contributed by atoms with Gasteiger partial charge in [0.05, 0.1) is 0 Å². The van der Waals surface area contributed by atoms with Gasteiger partial charge >= 0.3 is 0 Å². The highest BCUT2D eigenvalue weighted by Crippen LogP contribution is 2.26. The maximum absolute atomic E-state index is 5.50. The molecule has 1 heterocycles. The molecule has 0 aromatic carbocycles. The van der Waals surface area contributed by atoms with E-state index < -0.39 is 0 Å². The molecule has 0 aliphatic carbocycles. The number of pyridine rings is 1. The molecule has 15 heavy (non-hydrogen) atoms. The summed E-state index contributed by atoms with van der Waals surface area (Å²) in [5.41, 5.74) is 7.00. The fourth-order valence-corrected chi connectivity index (χ4v) is 1.45. The molecule has 2 N–H and O–H groups in total. The topological polar surface area (TPSA) is 38.9 Å². The van der Waals surface area contributed by atoms with Gasteiger partial charge in [-0.3, -0.25) is 4.98 Å². The van der Waals surface area contributed by atoms with Crippen molar-refractivity contribution in [2.24, 2.45) is 5.73 Å². The maximum Gasteiger partial charge on any atom is 0.0305 e. The average molecular weight is 251 g/mol. The molecule has 0 amide bonds. The number of nitrogens with two attached hydrogens (primary N) is 1. The Kier molecular flexibility index (Phi) is 9.02. The van der Waals surface area contributed by atoms with Gasteiger partial charge in [-0.2, -0.15) is 0 Å². The maximum atomic E-state index is 5.50. The Balaban J connectivity index is 0. The molecular weight excluding hydrogens is 231 g/mol. The third-order valence-corrected chi connectivity index (χ3v) is 2.45. The first kappa shape index (κ1) is 17.1. The molecule has 1 rings (SSSR count). The largest absolute Gasteiger partial charge is 0.330 e. The van der Waals surface area contributed by atoms with Crippen LogP contribution in [0.3, 0.4) is 0 Å². The first-order valence-electron chi connectivity index (χ1n) is 4.77. The summed E-state index contributed by atoms with van der Waals surface area (Å²) in [5, 5.41) is 0. The first-order valence-corrected chi connectivity index (χ1v) is 4.77. The van der Waals surface area contributed by atoms with Crippen LogP contribution in [0.4, 0.5) is 0 Å². The highest BCUT2D eigenvalue weighted by Gasteiger charge is 2.19. The van der Waals surface area contributed by atoms with Crippen LogP contribution in [-0.2, 0) is 5.41 Å². The second-order valence-electron chi connectivity index (χ2n) is 4.02. The van der Waals surface area contributed by atoms with Gasteiger partial charge in [0.15, 0.2) is 0 Å². The summed E-state index contributed by atoms with van der Waals surface area (Å²) in [6.45, 7) is 5.24. The van der Waals surface area contributed by atoms with Gasteiger partial charge < -0.3 is 5.73 Å². The standard InChI is InChI=1S/C11H18N2.2ClH/c1-11(2,6-4-7-12)10-5-3-8-13-9-10;;/h3,5,8-9H,4,6-7,12H2,1-2H3;2*1H. The number of hydrogen-bond donors (Lipinski definition) is 1. The van der Waals surface area contributed by atoms with Crippen molar-refractivity contribution in [1.82, 2.24) is 4.98 Å². The van der Waals surface area contributed by atoms with E-state index in [0.29, 0.717) is 0 Å². The second-order valence-corrected chi connectivity index (χ2v) is 4.02. The smallest absolute Gasteiger partial charge is 0.0305 e. The Hall–Kier alpha value is -0.310. The number of nitrogens with zero attached hydrogens (tertiary/aromatic N) is 1. The molecule has 1 aromatic rings. The summed E-state index contributed by atoms with van der Waals surface area (Å²) in [6, 6.07) is 4.11. The molecule has 0 aliphatic rings. The van der Waals surface area contributed by atoms with Crippen molar-refractivity contribution in [3.05, 3.63) is 30.1 Å². The van der Waals surface area contributed by atoms with E-state index in [9.17, 15) is 0 Å². The first-order chi connectivity index (χ1) is 6.17. The molecule has 4 heteroatoms. The van der Waals surface area contributed by atoms with Crippen LogP contribution >= 0.6 is 24.8 Å². The summed E-state index contributed by atoms with van der Waals surface area (Å²) >= 11 is 0. The van der Waals surface area contributed by atoms with Crippen molar-refractivity contribution in [3.8, 4) is 0 Å². The Labute approximate surface area is 104 Å². The summed E-state index contributed by atoms with van der Waals surface area (Å²) in [6.07, 6.45) is 5.94. The van der Waals surface area contributed by atoms with Crippen molar-refractivity contribution in [1.29, 1.82) is 0 Å². The molecule has 0 bridgehead atoms. The quantitative estimate of drug-likeness (QED) is 0.893. The summed E-state index contributed by atoms with van der Waals surface area (Å²) in [7, 11) is 0. The van der Waals surface area contributed by atoms with Gasteiger partial charge in [0, 0.05) is 12.4 Å². The fraction of sp³-hybridized carbons (Fsp3) is 0.545. The van der Waals surface area contributed by atoms with Gasteiger partial charge in [0.2, 0.25) is 0 Å². The Morgan fingerprint density at radius 2 is 2.00 bits per heavy atom. The van der Waals surface area contributed by atoms with E-state index in [1.165, 1.54) is 5.56 Å². The van der Waals surface area contributed by atoms with Gasteiger partial charge in [-0.05, 0) is 36.4 Å². The minimum atomic E-state index is 0. The molecule has 88 valence electrons. The lowest BCUT2D eigenvalue weighted by atomic mass is 9.81. The molecule has 1 aromatic heterocycles. The Morgan fingerprint density at radius 1 is 1.33 bits per heavy atom. The third kappa shape index (κ3) is 5.36. The second kappa shape index (κ2) is 7.91. The lowest BCUT2D eigenvalue weighted by molar-refractivity contribution is 0.463. The zero-order valence-corrected chi connectivity index (χ0v) is 10.9. The minimum Gasteiger partial charge on any atom is -0.330 e. The number of aromatic nitrogens is 1. The lowest BCUT2D eigenvalue weighted by Gasteiger charge is -2.24. The van der Waals surface area contributed by atoms with Crippen LogP contribution in [0.2, 0.25) is 0 Å². The van der Waals surface area contributed by atoms with Crippen molar-refractivity contribution in [2.45, 2.75) is 32.1 Å². The molecule has 0 atom stereocenters. The zero-order valence-electron chi connectivity index (χ0n) is 9.27. The Bertz CT molecular complexity index is 250. The van der Waals surface area contributed by atoms with Gasteiger partial charge in [-0.25, -0.2) is 0 Å². The van der Waals surface area contributed by atoms with Crippen molar-refractivity contribution in [2.75, 3.05) is 6.54 Å². The number of hydrogen-bond acceptors (Lipinski definition) is 2. The zero-order chi connectivity index (χ0) is 9.73. The van der Waals surface area contributed by atoms with Crippen LogP contribution in [0.5, 0.6) is 0 Å². The van der Waals surface area contributed by atoms with Gasteiger partial charge in [0.25, 0.3) is 0 Å². The van der Waals surface area contributed by atoms with E-state index in [1.807, 2.05) is 18.5 Å². The van der Waals surface area contributed by atoms with Crippen molar-refractivity contribution >= 4 is 24.8 Å². The predicted molar refractivity (Wildman–Crippen MR) is 70.0 cm³/mol. The van der Waals surface area contributed by atoms with Crippen molar-refractivity contribution < 1.29 is 0 Å². The molecule has 0 unspecified atom stereocenters. The summed E-state index contributed by atoms with van der Waals surface area (Å²) < 4.78 is 0. The fourth-order valence-electron chi connectivity index (χ4n) is 1.45. The van der Waals surface area contributed by atoms with Crippen LogP contribution in [0.25, 0.3) is 0 Å². The van der Waals surface area contributed by atoms with E-state index >= 15 is 0 Å². The molecule has 0 saturated heterocycles.